The highest BCUT2D eigenvalue weighted by molar-refractivity contribution is 8.09. The Balaban J connectivity index is 3.45. The molecule has 0 aliphatic rings. The Bertz CT molecular complexity index is 143. The number of terminal acetylenes is 1. The van der Waals surface area contributed by atoms with Crippen LogP contribution >= 0.6 is 6.49 Å². The molecule has 0 radical (unpaired) electrons. The van der Waals surface area contributed by atoms with Gasteiger partial charge in [-0.2, -0.15) is 0 Å². The fraction of sp³-hybridized carbons (Fsp3) is 0.500. The maximum Gasteiger partial charge on any atom is 0.183 e. The molecule has 0 aromatic heterocycles. The quantitative estimate of drug-likeness (QED) is 0.461. The van der Waals surface area contributed by atoms with E-state index in [9.17, 15) is 0 Å². The zero-order chi connectivity index (χ0) is 6.62. The molecule has 4 heteroatoms. The normalized spacial score (nSPS) is 16.6. The zero-order valence-electron chi connectivity index (χ0n) is 4.50. The smallest absolute Gasteiger partial charge is 0.183 e. The van der Waals surface area contributed by atoms with Crippen molar-refractivity contribution in [3.05, 3.63) is 0 Å². The van der Waals surface area contributed by atoms with Crippen LogP contribution in [0.1, 0.15) is 0 Å². The van der Waals surface area contributed by atoms with Crippen LogP contribution in [0.4, 0.5) is 0 Å². The molecular formula is C4H7O2PS. The van der Waals surface area contributed by atoms with E-state index in [0.29, 0.717) is 0 Å². The highest BCUT2D eigenvalue weighted by Crippen LogP contribution is 2.36. The van der Waals surface area contributed by atoms with E-state index in [1.807, 2.05) is 0 Å². The van der Waals surface area contributed by atoms with Gasteiger partial charge >= 0.3 is 0 Å². The van der Waals surface area contributed by atoms with Crippen molar-refractivity contribution in [1.29, 1.82) is 0 Å². The van der Waals surface area contributed by atoms with Gasteiger partial charge in [0.2, 0.25) is 0 Å². The predicted molar refractivity (Wildman–Crippen MR) is 37.2 cm³/mol. The number of hydrogen-bond donors (Lipinski definition) is 1. The van der Waals surface area contributed by atoms with Crippen molar-refractivity contribution < 1.29 is 9.42 Å². The lowest BCUT2D eigenvalue weighted by Gasteiger charge is -2.04. The predicted octanol–water partition coefficient (Wildman–Crippen LogP) is 0.568. The molecule has 1 unspecified atom stereocenters. The molecule has 0 aliphatic heterocycles. The maximum absolute atomic E-state index is 8.76. The molecule has 0 spiro atoms. The molecule has 0 rings (SSSR count). The van der Waals surface area contributed by atoms with E-state index in [4.69, 9.17) is 11.3 Å². The SMILES string of the molecule is C#CCOP(C)(O)=S. The van der Waals surface area contributed by atoms with Gasteiger partial charge in [0.1, 0.15) is 6.61 Å². The van der Waals surface area contributed by atoms with Crippen molar-refractivity contribution in [3.63, 3.8) is 0 Å². The van der Waals surface area contributed by atoms with E-state index >= 15 is 0 Å². The minimum Gasteiger partial charge on any atom is -0.345 e. The monoisotopic (exact) mass is 150 g/mol. The van der Waals surface area contributed by atoms with Crippen molar-refractivity contribution >= 4 is 18.3 Å². The van der Waals surface area contributed by atoms with Crippen LogP contribution in [-0.2, 0) is 16.3 Å². The topological polar surface area (TPSA) is 29.5 Å². The van der Waals surface area contributed by atoms with Gasteiger partial charge in [-0.1, -0.05) is 5.92 Å². The van der Waals surface area contributed by atoms with Crippen LogP contribution in [0.25, 0.3) is 0 Å². The standard InChI is InChI=1S/C4H7O2PS/c1-3-4-6-7(2,5)8/h1H,4H2,2H3,(H,5,8). The molecule has 0 saturated heterocycles. The van der Waals surface area contributed by atoms with E-state index in [1.165, 1.54) is 6.66 Å². The van der Waals surface area contributed by atoms with Crippen LogP contribution < -0.4 is 0 Å². The molecular weight excluding hydrogens is 143 g/mol. The van der Waals surface area contributed by atoms with Crippen molar-refractivity contribution in [3.8, 4) is 12.3 Å². The van der Waals surface area contributed by atoms with Crippen molar-refractivity contribution in [2.75, 3.05) is 13.3 Å². The average Bonchev–Trinajstić information content (AvgIpc) is 1.59. The van der Waals surface area contributed by atoms with Gasteiger partial charge in [0.15, 0.2) is 6.49 Å². The summed E-state index contributed by atoms with van der Waals surface area (Å²) in [4.78, 5) is 8.76. The molecule has 0 fully saturated rings. The van der Waals surface area contributed by atoms with Crippen molar-refractivity contribution in [2.24, 2.45) is 0 Å². The third-order valence-electron chi connectivity index (χ3n) is 0.387. The first-order chi connectivity index (χ1) is 3.56. The summed E-state index contributed by atoms with van der Waals surface area (Å²) in [6.45, 7) is -0.932. The van der Waals surface area contributed by atoms with Gasteiger partial charge in [-0.3, -0.25) is 0 Å². The van der Waals surface area contributed by atoms with Crippen LogP contribution in [0.2, 0.25) is 0 Å². The summed E-state index contributed by atoms with van der Waals surface area (Å²) in [5.41, 5.74) is 0. The third kappa shape index (κ3) is 6.13. The second kappa shape index (κ2) is 3.21. The van der Waals surface area contributed by atoms with Crippen LogP contribution in [0.15, 0.2) is 0 Å². The van der Waals surface area contributed by atoms with Gasteiger partial charge in [0.25, 0.3) is 0 Å². The van der Waals surface area contributed by atoms with Gasteiger partial charge in [-0.25, -0.2) is 0 Å². The highest BCUT2D eigenvalue weighted by atomic mass is 32.5. The van der Waals surface area contributed by atoms with E-state index in [-0.39, 0.29) is 6.61 Å². The van der Waals surface area contributed by atoms with Gasteiger partial charge in [0, 0.05) is 6.66 Å². The Morgan fingerprint density at radius 1 is 2.00 bits per heavy atom. The van der Waals surface area contributed by atoms with E-state index in [0.717, 1.165) is 0 Å². The first kappa shape index (κ1) is 8.13. The zero-order valence-corrected chi connectivity index (χ0v) is 6.21. The van der Waals surface area contributed by atoms with Gasteiger partial charge in [0.05, 0.1) is 0 Å². The molecule has 1 N–H and O–H groups in total. The fourth-order valence-corrected chi connectivity index (χ4v) is 0.629. The molecule has 8 heavy (non-hydrogen) atoms. The second-order valence-corrected chi connectivity index (χ2v) is 5.18. The van der Waals surface area contributed by atoms with E-state index < -0.39 is 6.49 Å². The molecule has 0 amide bonds. The molecule has 0 aromatic rings. The van der Waals surface area contributed by atoms with Crippen LogP contribution in [0.5, 0.6) is 0 Å². The summed E-state index contributed by atoms with van der Waals surface area (Å²) in [7, 11) is 0. The lowest BCUT2D eigenvalue weighted by Crippen LogP contribution is -1.85. The molecule has 46 valence electrons. The molecule has 1 atom stereocenters. The minimum absolute atomic E-state index is 0.101. The summed E-state index contributed by atoms with van der Waals surface area (Å²) in [6, 6.07) is 0. The summed E-state index contributed by atoms with van der Waals surface area (Å²) >= 11 is 4.50. The summed E-state index contributed by atoms with van der Waals surface area (Å²) in [6.07, 6.45) is 4.82. The Labute approximate surface area is 54.0 Å². The Hall–Kier alpha value is 0.130. The van der Waals surface area contributed by atoms with E-state index in [2.05, 4.69) is 22.3 Å². The number of hydrogen-bond acceptors (Lipinski definition) is 2. The average molecular weight is 150 g/mol. The summed E-state index contributed by atoms with van der Waals surface area (Å²) in [5, 5.41) is 0. The van der Waals surface area contributed by atoms with Crippen molar-refractivity contribution in [1.82, 2.24) is 0 Å². The fourth-order valence-electron chi connectivity index (χ4n) is 0.157. The van der Waals surface area contributed by atoms with Crippen LogP contribution in [0.3, 0.4) is 0 Å². The first-order valence-corrected chi connectivity index (χ1v) is 5.06. The molecule has 0 heterocycles. The van der Waals surface area contributed by atoms with E-state index in [1.54, 1.807) is 0 Å². The lowest BCUT2D eigenvalue weighted by atomic mass is 10.8. The molecule has 0 saturated carbocycles. The van der Waals surface area contributed by atoms with Gasteiger partial charge in [-0.05, 0) is 11.8 Å². The molecule has 0 bridgehead atoms. The molecule has 2 nitrogen and oxygen atoms in total. The summed E-state index contributed by atoms with van der Waals surface area (Å²) < 4.78 is 4.62. The third-order valence-corrected chi connectivity index (χ3v) is 1.31. The Morgan fingerprint density at radius 3 is 2.62 bits per heavy atom. The van der Waals surface area contributed by atoms with Gasteiger partial charge in [-0.15, -0.1) is 6.42 Å². The van der Waals surface area contributed by atoms with Crippen molar-refractivity contribution in [2.45, 2.75) is 0 Å². The van der Waals surface area contributed by atoms with Crippen LogP contribution in [0, 0.1) is 12.3 Å². The molecule has 0 aromatic carbocycles. The lowest BCUT2D eigenvalue weighted by molar-refractivity contribution is 0.357. The maximum atomic E-state index is 8.76. The second-order valence-electron chi connectivity index (χ2n) is 1.28. The Kier molecular flexibility index (Phi) is 3.27. The Morgan fingerprint density at radius 2 is 2.50 bits per heavy atom. The number of rotatable bonds is 2. The highest BCUT2D eigenvalue weighted by Gasteiger charge is 2.00. The van der Waals surface area contributed by atoms with Crippen LogP contribution in [-0.4, -0.2) is 18.2 Å². The molecule has 0 aliphatic carbocycles. The minimum atomic E-state index is -2.49. The van der Waals surface area contributed by atoms with Gasteiger partial charge < -0.3 is 9.42 Å². The first-order valence-electron chi connectivity index (χ1n) is 1.94. The largest absolute Gasteiger partial charge is 0.345 e. The summed E-state index contributed by atoms with van der Waals surface area (Å²) in [5.74, 6) is 2.20.